The highest BCUT2D eigenvalue weighted by Gasteiger charge is 2.41. The highest BCUT2D eigenvalue weighted by molar-refractivity contribution is 8.00. The number of carbonyl (C=O) groups is 2. The normalized spacial score (nSPS) is 21.5. The van der Waals surface area contributed by atoms with Gasteiger partial charge in [0.2, 0.25) is 5.91 Å². The van der Waals surface area contributed by atoms with Crippen LogP contribution in [0.2, 0.25) is 0 Å². The molecule has 4 nitrogen and oxygen atoms in total. The van der Waals surface area contributed by atoms with Crippen LogP contribution in [0.15, 0.2) is 29.2 Å². The van der Waals surface area contributed by atoms with Gasteiger partial charge in [0.05, 0.1) is 17.5 Å². The van der Waals surface area contributed by atoms with Crippen molar-refractivity contribution in [2.45, 2.75) is 23.2 Å². The minimum absolute atomic E-state index is 0.0425. The van der Waals surface area contributed by atoms with Gasteiger partial charge in [-0.3, -0.25) is 9.59 Å². The number of para-hydroxylation sites is 1. The molecule has 1 aliphatic rings. The number of thioether (sulfide) groups is 1. The van der Waals surface area contributed by atoms with Crippen LogP contribution in [0.3, 0.4) is 0 Å². The van der Waals surface area contributed by atoms with Gasteiger partial charge >= 0.3 is 11.5 Å². The van der Waals surface area contributed by atoms with E-state index < -0.39 is 29.2 Å². The number of nitrogens with one attached hydrogen (secondary N) is 1. The average Bonchev–Trinajstić information content (AvgIpc) is 2.27. The first-order valence-corrected chi connectivity index (χ1v) is 6.98. The van der Waals surface area contributed by atoms with Crippen LogP contribution in [-0.4, -0.2) is 22.5 Å². The van der Waals surface area contributed by atoms with Crippen molar-refractivity contribution in [3.05, 3.63) is 24.3 Å². The Morgan fingerprint density at radius 2 is 1.81 bits per heavy atom. The Labute approximate surface area is 122 Å². The number of carboxylic acid groups (broad SMARTS) is 1. The molecule has 2 atom stereocenters. The van der Waals surface area contributed by atoms with Crippen molar-refractivity contribution < 1.29 is 27.9 Å². The molecule has 2 unspecified atom stereocenters. The molecule has 1 aliphatic carbocycles. The number of aliphatic carboxylic acids is 1. The summed E-state index contributed by atoms with van der Waals surface area (Å²) < 4.78 is 37.3. The first kappa shape index (κ1) is 15.7. The maximum atomic E-state index is 12.4. The molecule has 0 radical (unpaired) electrons. The number of amides is 1. The van der Waals surface area contributed by atoms with E-state index in [0.717, 1.165) is 0 Å². The Balaban J connectivity index is 2.09. The number of rotatable bonds is 4. The molecular weight excluding hydrogens is 307 g/mol. The van der Waals surface area contributed by atoms with Crippen molar-refractivity contribution in [1.29, 1.82) is 0 Å². The smallest absolute Gasteiger partial charge is 0.446 e. The van der Waals surface area contributed by atoms with Crippen molar-refractivity contribution in [2.75, 3.05) is 5.32 Å². The van der Waals surface area contributed by atoms with Crippen LogP contribution in [0, 0.1) is 11.8 Å². The number of benzene rings is 1. The third-order valence-corrected chi connectivity index (χ3v) is 4.11. The van der Waals surface area contributed by atoms with Crippen molar-refractivity contribution in [1.82, 2.24) is 0 Å². The SMILES string of the molecule is O=C(O)C1CCC1C(=O)Nc1ccccc1SC(F)(F)F. The zero-order valence-corrected chi connectivity index (χ0v) is 11.5. The van der Waals surface area contributed by atoms with Crippen molar-refractivity contribution in [3.63, 3.8) is 0 Å². The lowest BCUT2D eigenvalue weighted by Crippen LogP contribution is -2.41. The summed E-state index contributed by atoms with van der Waals surface area (Å²) >= 11 is -0.317. The lowest BCUT2D eigenvalue weighted by molar-refractivity contribution is -0.151. The van der Waals surface area contributed by atoms with Crippen LogP contribution in [0.5, 0.6) is 0 Å². The van der Waals surface area contributed by atoms with E-state index in [1.54, 1.807) is 0 Å². The average molecular weight is 319 g/mol. The van der Waals surface area contributed by atoms with E-state index in [0.29, 0.717) is 12.8 Å². The van der Waals surface area contributed by atoms with Crippen molar-refractivity contribution in [3.8, 4) is 0 Å². The minimum Gasteiger partial charge on any atom is -0.481 e. The summed E-state index contributed by atoms with van der Waals surface area (Å²) in [5.41, 5.74) is -4.41. The van der Waals surface area contributed by atoms with Gasteiger partial charge in [0.15, 0.2) is 0 Å². The third-order valence-electron chi connectivity index (χ3n) is 3.30. The Morgan fingerprint density at radius 1 is 1.19 bits per heavy atom. The maximum absolute atomic E-state index is 12.4. The van der Waals surface area contributed by atoms with E-state index in [1.165, 1.54) is 24.3 Å². The quantitative estimate of drug-likeness (QED) is 0.835. The molecule has 0 bridgehead atoms. The van der Waals surface area contributed by atoms with E-state index in [9.17, 15) is 22.8 Å². The molecule has 2 N–H and O–H groups in total. The number of halogens is 3. The predicted molar refractivity (Wildman–Crippen MR) is 70.8 cm³/mol. The predicted octanol–water partition coefficient (Wildman–Crippen LogP) is 3.35. The standard InChI is InChI=1S/C13H12F3NO3S/c14-13(15,16)21-10-4-2-1-3-9(10)17-11(18)7-5-6-8(7)12(19)20/h1-4,7-8H,5-6H2,(H,17,18)(H,19,20). The molecule has 1 fully saturated rings. The maximum Gasteiger partial charge on any atom is 0.446 e. The number of carboxylic acids is 1. The van der Waals surface area contributed by atoms with Gasteiger partial charge < -0.3 is 10.4 Å². The zero-order valence-electron chi connectivity index (χ0n) is 10.7. The van der Waals surface area contributed by atoms with Crippen LogP contribution < -0.4 is 5.32 Å². The van der Waals surface area contributed by atoms with Gasteiger partial charge in [-0.05, 0) is 36.7 Å². The fourth-order valence-corrected chi connectivity index (χ4v) is 2.74. The molecule has 1 aromatic carbocycles. The molecule has 0 heterocycles. The molecule has 0 aliphatic heterocycles. The van der Waals surface area contributed by atoms with Crippen LogP contribution >= 0.6 is 11.8 Å². The summed E-state index contributed by atoms with van der Waals surface area (Å²) in [5, 5.41) is 11.3. The molecule has 2 rings (SSSR count). The molecule has 1 saturated carbocycles. The Morgan fingerprint density at radius 3 is 2.33 bits per heavy atom. The number of alkyl halides is 3. The van der Waals surface area contributed by atoms with E-state index in [1.807, 2.05) is 0 Å². The van der Waals surface area contributed by atoms with Crippen LogP contribution in [0.1, 0.15) is 12.8 Å². The monoisotopic (exact) mass is 319 g/mol. The highest BCUT2D eigenvalue weighted by atomic mass is 32.2. The number of hydrogen-bond acceptors (Lipinski definition) is 3. The van der Waals surface area contributed by atoms with E-state index >= 15 is 0 Å². The fraction of sp³-hybridized carbons (Fsp3) is 0.385. The second kappa shape index (κ2) is 5.97. The van der Waals surface area contributed by atoms with Crippen LogP contribution in [0.25, 0.3) is 0 Å². The number of anilines is 1. The third kappa shape index (κ3) is 3.90. The lowest BCUT2D eigenvalue weighted by atomic mass is 9.73. The first-order chi connectivity index (χ1) is 9.78. The molecule has 8 heteroatoms. The topological polar surface area (TPSA) is 66.4 Å². The van der Waals surface area contributed by atoms with E-state index in [4.69, 9.17) is 5.11 Å². The fourth-order valence-electron chi connectivity index (χ4n) is 2.12. The highest BCUT2D eigenvalue weighted by Crippen LogP contribution is 2.41. The van der Waals surface area contributed by atoms with E-state index in [2.05, 4.69) is 5.32 Å². The molecule has 21 heavy (non-hydrogen) atoms. The van der Waals surface area contributed by atoms with E-state index in [-0.39, 0.29) is 22.3 Å². The zero-order chi connectivity index (χ0) is 15.6. The number of carbonyl (C=O) groups excluding carboxylic acids is 1. The van der Waals surface area contributed by atoms with Crippen LogP contribution in [0.4, 0.5) is 18.9 Å². The Kier molecular flexibility index (Phi) is 4.46. The summed E-state index contributed by atoms with van der Waals surface area (Å²) in [6.45, 7) is 0. The van der Waals surface area contributed by atoms with Gasteiger partial charge in [-0.25, -0.2) is 0 Å². The summed E-state index contributed by atoms with van der Waals surface area (Å²) in [6.07, 6.45) is 0.837. The van der Waals surface area contributed by atoms with Gasteiger partial charge in [-0.2, -0.15) is 13.2 Å². The number of hydrogen-bond donors (Lipinski definition) is 2. The largest absolute Gasteiger partial charge is 0.481 e. The van der Waals surface area contributed by atoms with Gasteiger partial charge in [0, 0.05) is 4.90 Å². The first-order valence-electron chi connectivity index (χ1n) is 6.16. The second-order valence-electron chi connectivity index (χ2n) is 4.66. The van der Waals surface area contributed by atoms with Gasteiger partial charge in [0.25, 0.3) is 0 Å². The lowest BCUT2D eigenvalue weighted by Gasteiger charge is -2.32. The van der Waals surface area contributed by atoms with Gasteiger partial charge in [-0.1, -0.05) is 12.1 Å². The molecule has 0 saturated heterocycles. The molecule has 0 spiro atoms. The van der Waals surface area contributed by atoms with Gasteiger partial charge in [0.1, 0.15) is 0 Å². The minimum atomic E-state index is -4.46. The molecular formula is C13H12F3NO3S. The molecule has 1 aromatic rings. The van der Waals surface area contributed by atoms with Gasteiger partial charge in [-0.15, -0.1) is 0 Å². The molecule has 114 valence electrons. The summed E-state index contributed by atoms with van der Waals surface area (Å²) in [7, 11) is 0. The van der Waals surface area contributed by atoms with Crippen LogP contribution in [-0.2, 0) is 9.59 Å². The summed E-state index contributed by atoms with van der Waals surface area (Å²) in [4.78, 5) is 22.7. The molecule has 1 amide bonds. The molecule has 0 aromatic heterocycles. The Hall–Kier alpha value is -1.70. The summed E-state index contributed by atoms with van der Waals surface area (Å²) in [6, 6.07) is 5.56. The second-order valence-corrected chi connectivity index (χ2v) is 5.77. The Bertz CT molecular complexity index is 562. The van der Waals surface area contributed by atoms with Crippen molar-refractivity contribution >= 4 is 29.3 Å². The summed E-state index contributed by atoms with van der Waals surface area (Å²) in [5.74, 6) is -3.05. The van der Waals surface area contributed by atoms with Crippen molar-refractivity contribution in [2.24, 2.45) is 11.8 Å².